The molecule has 2 rings (SSSR count). The number of aliphatic hydroxyl groups excluding tert-OH is 1. The monoisotopic (exact) mass is 280 g/mol. The summed E-state index contributed by atoms with van der Waals surface area (Å²) in [6, 6.07) is 0. The molecular formula is C14H24N4O2. The van der Waals surface area contributed by atoms with E-state index in [0.29, 0.717) is 13.2 Å². The number of aromatic nitrogens is 2. The molecule has 2 heterocycles. The lowest BCUT2D eigenvalue weighted by Gasteiger charge is -2.37. The summed E-state index contributed by atoms with van der Waals surface area (Å²) in [5.41, 5.74) is 0.704. The van der Waals surface area contributed by atoms with E-state index in [0.717, 1.165) is 30.0 Å². The van der Waals surface area contributed by atoms with Crippen LogP contribution in [-0.2, 0) is 4.74 Å². The molecule has 1 fully saturated rings. The molecule has 0 aromatic carbocycles. The highest BCUT2D eigenvalue weighted by molar-refractivity contribution is 5.59. The summed E-state index contributed by atoms with van der Waals surface area (Å²) >= 11 is 0. The standard InChI is InChI=1S/C14H24N4O2/c1-10(2)11-12(15-3)16-9-17-13(11)18-14(8-19)4-6-20-7-5-14/h9-10,19H,4-8H2,1-3H3,(H2,15,16,17,18). The Morgan fingerprint density at radius 1 is 1.30 bits per heavy atom. The molecule has 0 atom stereocenters. The third-order valence-electron chi connectivity index (χ3n) is 3.83. The maximum atomic E-state index is 9.78. The van der Waals surface area contributed by atoms with Gasteiger partial charge in [-0.3, -0.25) is 0 Å². The highest BCUT2D eigenvalue weighted by Gasteiger charge is 2.33. The van der Waals surface area contributed by atoms with Crippen LogP contribution >= 0.6 is 0 Å². The largest absolute Gasteiger partial charge is 0.394 e. The summed E-state index contributed by atoms with van der Waals surface area (Å²) in [4.78, 5) is 8.65. The molecule has 0 aliphatic carbocycles. The minimum Gasteiger partial charge on any atom is -0.394 e. The van der Waals surface area contributed by atoms with Gasteiger partial charge in [-0.15, -0.1) is 0 Å². The van der Waals surface area contributed by atoms with Gasteiger partial charge in [-0.1, -0.05) is 13.8 Å². The maximum absolute atomic E-state index is 9.78. The minimum absolute atomic E-state index is 0.0762. The van der Waals surface area contributed by atoms with Crippen LogP contribution in [0.2, 0.25) is 0 Å². The Morgan fingerprint density at radius 2 is 1.95 bits per heavy atom. The van der Waals surface area contributed by atoms with Gasteiger partial charge < -0.3 is 20.5 Å². The van der Waals surface area contributed by atoms with E-state index < -0.39 is 0 Å². The van der Waals surface area contributed by atoms with E-state index in [1.807, 2.05) is 7.05 Å². The van der Waals surface area contributed by atoms with E-state index in [2.05, 4.69) is 34.4 Å². The molecule has 0 spiro atoms. The van der Waals surface area contributed by atoms with E-state index in [-0.39, 0.29) is 18.1 Å². The quantitative estimate of drug-likeness (QED) is 0.760. The molecule has 0 unspecified atom stereocenters. The van der Waals surface area contributed by atoms with Crippen molar-refractivity contribution in [3.63, 3.8) is 0 Å². The van der Waals surface area contributed by atoms with Crippen LogP contribution in [-0.4, -0.2) is 47.5 Å². The van der Waals surface area contributed by atoms with Crippen LogP contribution in [0.15, 0.2) is 6.33 Å². The number of hydrogen-bond acceptors (Lipinski definition) is 6. The summed E-state index contributed by atoms with van der Waals surface area (Å²) < 4.78 is 5.39. The smallest absolute Gasteiger partial charge is 0.135 e. The normalized spacial score (nSPS) is 18.1. The molecule has 6 nitrogen and oxygen atoms in total. The molecule has 1 aliphatic heterocycles. The van der Waals surface area contributed by atoms with E-state index in [1.54, 1.807) is 6.33 Å². The number of hydrogen-bond donors (Lipinski definition) is 3. The fraction of sp³-hybridized carbons (Fsp3) is 0.714. The fourth-order valence-electron chi connectivity index (χ4n) is 2.58. The molecule has 0 amide bonds. The van der Waals surface area contributed by atoms with Gasteiger partial charge in [0.05, 0.1) is 12.1 Å². The lowest BCUT2D eigenvalue weighted by Crippen LogP contribution is -2.47. The predicted molar refractivity (Wildman–Crippen MR) is 79.2 cm³/mol. The Morgan fingerprint density at radius 3 is 2.50 bits per heavy atom. The molecule has 1 aliphatic rings. The molecule has 1 aromatic rings. The molecule has 0 bridgehead atoms. The molecule has 20 heavy (non-hydrogen) atoms. The Hall–Kier alpha value is -1.40. The molecule has 0 radical (unpaired) electrons. The van der Waals surface area contributed by atoms with Crippen molar-refractivity contribution in [2.24, 2.45) is 0 Å². The number of anilines is 2. The van der Waals surface area contributed by atoms with Crippen LogP contribution in [0.4, 0.5) is 11.6 Å². The van der Waals surface area contributed by atoms with Crippen molar-refractivity contribution in [3.8, 4) is 0 Å². The van der Waals surface area contributed by atoms with Crippen LogP contribution in [0, 0.1) is 0 Å². The second-order valence-electron chi connectivity index (χ2n) is 5.57. The first-order valence-electron chi connectivity index (χ1n) is 7.11. The summed E-state index contributed by atoms with van der Waals surface area (Å²) in [6.45, 7) is 5.62. The van der Waals surface area contributed by atoms with Crippen molar-refractivity contribution in [1.82, 2.24) is 9.97 Å². The molecule has 1 aromatic heterocycles. The Bertz CT molecular complexity index is 445. The van der Waals surface area contributed by atoms with Crippen LogP contribution in [0.25, 0.3) is 0 Å². The predicted octanol–water partition coefficient (Wildman–Crippen LogP) is 1.60. The first-order valence-corrected chi connectivity index (χ1v) is 7.11. The average Bonchev–Trinajstić information content (AvgIpc) is 2.47. The second-order valence-corrected chi connectivity index (χ2v) is 5.57. The second kappa shape index (κ2) is 6.37. The molecule has 0 saturated carbocycles. The van der Waals surface area contributed by atoms with Gasteiger partial charge in [0, 0.05) is 25.8 Å². The Balaban J connectivity index is 2.32. The molecule has 3 N–H and O–H groups in total. The number of ether oxygens (including phenoxy) is 1. The highest BCUT2D eigenvalue weighted by atomic mass is 16.5. The van der Waals surface area contributed by atoms with Gasteiger partial charge in [0.1, 0.15) is 18.0 Å². The molecular weight excluding hydrogens is 256 g/mol. The van der Waals surface area contributed by atoms with Crippen LogP contribution in [0.5, 0.6) is 0 Å². The Labute approximate surface area is 120 Å². The van der Waals surface area contributed by atoms with Gasteiger partial charge in [-0.05, 0) is 18.8 Å². The zero-order valence-electron chi connectivity index (χ0n) is 12.4. The maximum Gasteiger partial charge on any atom is 0.135 e. The number of nitrogens with zero attached hydrogens (tertiary/aromatic N) is 2. The van der Waals surface area contributed by atoms with Crippen molar-refractivity contribution in [2.75, 3.05) is 37.5 Å². The Kier molecular flexibility index (Phi) is 4.77. The molecule has 112 valence electrons. The van der Waals surface area contributed by atoms with Crippen molar-refractivity contribution < 1.29 is 9.84 Å². The van der Waals surface area contributed by atoms with E-state index in [1.165, 1.54) is 0 Å². The third kappa shape index (κ3) is 3.02. The number of aliphatic hydroxyl groups is 1. The summed E-state index contributed by atoms with van der Waals surface area (Å²) in [5.74, 6) is 1.92. The van der Waals surface area contributed by atoms with Crippen molar-refractivity contribution in [2.45, 2.75) is 38.1 Å². The van der Waals surface area contributed by atoms with Crippen LogP contribution in [0.1, 0.15) is 38.2 Å². The van der Waals surface area contributed by atoms with Gasteiger partial charge in [0.15, 0.2) is 0 Å². The highest BCUT2D eigenvalue weighted by Crippen LogP contribution is 2.32. The first-order chi connectivity index (χ1) is 9.62. The summed E-state index contributed by atoms with van der Waals surface area (Å²) in [5, 5.41) is 16.3. The lowest BCUT2D eigenvalue weighted by molar-refractivity contribution is 0.0378. The molecule has 1 saturated heterocycles. The van der Waals surface area contributed by atoms with Crippen LogP contribution < -0.4 is 10.6 Å². The van der Waals surface area contributed by atoms with Gasteiger partial charge in [0.25, 0.3) is 0 Å². The average molecular weight is 280 g/mol. The van der Waals surface area contributed by atoms with Gasteiger partial charge >= 0.3 is 0 Å². The number of rotatable bonds is 5. The van der Waals surface area contributed by atoms with Crippen molar-refractivity contribution >= 4 is 11.6 Å². The minimum atomic E-state index is -0.346. The fourth-order valence-corrected chi connectivity index (χ4v) is 2.58. The summed E-state index contributed by atoms with van der Waals surface area (Å²) in [7, 11) is 1.86. The zero-order valence-corrected chi connectivity index (χ0v) is 12.4. The van der Waals surface area contributed by atoms with Crippen molar-refractivity contribution in [1.29, 1.82) is 0 Å². The zero-order chi connectivity index (χ0) is 14.6. The number of nitrogens with one attached hydrogen (secondary N) is 2. The van der Waals surface area contributed by atoms with Gasteiger partial charge in [0.2, 0.25) is 0 Å². The molecule has 6 heteroatoms. The van der Waals surface area contributed by atoms with E-state index in [9.17, 15) is 5.11 Å². The first kappa shape index (κ1) is 15.0. The third-order valence-corrected chi connectivity index (χ3v) is 3.83. The van der Waals surface area contributed by atoms with E-state index >= 15 is 0 Å². The topological polar surface area (TPSA) is 79.3 Å². The SMILES string of the molecule is CNc1ncnc(NC2(CO)CCOCC2)c1C(C)C. The van der Waals surface area contributed by atoms with Crippen molar-refractivity contribution in [3.05, 3.63) is 11.9 Å². The van der Waals surface area contributed by atoms with Gasteiger partial charge in [-0.2, -0.15) is 0 Å². The summed E-state index contributed by atoms with van der Waals surface area (Å²) in [6.07, 6.45) is 3.10. The van der Waals surface area contributed by atoms with Crippen LogP contribution in [0.3, 0.4) is 0 Å². The van der Waals surface area contributed by atoms with E-state index in [4.69, 9.17) is 4.74 Å². The lowest BCUT2D eigenvalue weighted by atomic mass is 9.90. The van der Waals surface area contributed by atoms with Gasteiger partial charge in [-0.25, -0.2) is 9.97 Å².